The smallest absolute Gasteiger partial charge is 0.338 e. The van der Waals surface area contributed by atoms with Crippen LogP contribution in [-0.4, -0.2) is 52.2 Å². The van der Waals surface area contributed by atoms with Crippen molar-refractivity contribution < 1.29 is 33.8 Å². The number of ether oxygens (including phenoxy) is 2. The second kappa shape index (κ2) is 12.2. The molecule has 7 atom stereocenters. The Morgan fingerprint density at radius 3 is 2.41 bits per heavy atom. The van der Waals surface area contributed by atoms with E-state index in [1.165, 1.54) is 17.0 Å². The minimum Gasteiger partial charge on any atom is -0.508 e. The number of aromatic hydroxyl groups is 1. The van der Waals surface area contributed by atoms with Gasteiger partial charge in [0.05, 0.1) is 34.7 Å². The average Bonchev–Trinajstić information content (AvgIpc) is 3.84. The zero-order valence-electron chi connectivity index (χ0n) is 26.2. The number of H-pyrrole nitrogens is 1. The van der Waals surface area contributed by atoms with E-state index in [0.29, 0.717) is 22.7 Å². The highest BCUT2D eigenvalue weighted by molar-refractivity contribution is 8.00. The summed E-state index contributed by atoms with van der Waals surface area (Å²) in [5.41, 5.74) is 2.11. The molecule has 0 spiro atoms. The molecular weight excluding hydrogens is 667 g/mol. The van der Waals surface area contributed by atoms with Gasteiger partial charge in [-0.1, -0.05) is 29.5 Å². The maximum Gasteiger partial charge on any atom is 0.338 e. The third-order valence-corrected chi connectivity index (χ3v) is 12.7. The summed E-state index contributed by atoms with van der Waals surface area (Å²) in [6.45, 7) is 1.70. The van der Waals surface area contributed by atoms with Gasteiger partial charge >= 0.3 is 10.8 Å². The van der Waals surface area contributed by atoms with E-state index in [1.807, 2.05) is 18.2 Å². The van der Waals surface area contributed by atoms with E-state index in [0.717, 1.165) is 33.2 Å². The molecule has 3 amide bonds. The summed E-state index contributed by atoms with van der Waals surface area (Å²) in [4.78, 5) is 70.9. The van der Waals surface area contributed by atoms with Crippen LogP contribution < -0.4 is 19.8 Å². The second-order valence-corrected chi connectivity index (χ2v) is 14.9. The van der Waals surface area contributed by atoms with Gasteiger partial charge in [-0.2, -0.15) is 0 Å². The quantitative estimate of drug-likeness (QED) is 0.131. The number of esters is 1. The number of para-hydroxylation sites is 1. The van der Waals surface area contributed by atoms with Crippen LogP contribution in [0.4, 0.5) is 11.4 Å². The predicted octanol–water partition coefficient (Wildman–Crippen LogP) is 5.01. The minimum atomic E-state index is -0.507. The highest BCUT2D eigenvalue weighted by Gasteiger charge is 2.69. The Kier molecular flexibility index (Phi) is 7.83. The molecule has 8 rings (SSSR count). The number of aromatic nitrogens is 1. The average molecular weight is 698 g/mol. The van der Waals surface area contributed by atoms with E-state index in [-0.39, 0.29) is 70.5 Å². The van der Waals surface area contributed by atoms with E-state index in [4.69, 9.17) is 9.47 Å². The molecule has 2 aliphatic heterocycles. The number of carbonyl (C=O) groups excluding carboxylic acids is 4. The van der Waals surface area contributed by atoms with Crippen LogP contribution in [0.2, 0.25) is 0 Å². The molecule has 13 heteroatoms. The van der Waals surface area contributed by atoms with E-state index < -0.39 is 17.8 Å². The molecule has 11 nitrogen and oxygen atoms in total. The number of nitrogens with zero attached hydrogens (tertiary/aromatic N) is 1. The van der Waals surface area contributed by atoms with E-state index in [2.05, 4.69) is 10.3 Å². The van der Waals surface area contributed by atoms with Crippen molar-refractivity contribution in [3.63, 3.8) is 0 Å². The number of benzene rings is 3. The van der Waals surface area contributed by atoms with Crippen LogP contribution >= 0.6 is 23.1 Å². The van der Waals surface area contributed by atoms with Crippen LogP contribution in [-0.2, 0) is 19.1 Å². The Labute approximate surface area is 288 Å². The minimum absolute atomic E-state index is 0.0252. The fourth-order valence-corrected chi connectivity index (χ4v) is 11.2. The van der Waals surface area contributed by atoms with Crippen LogP contribution in [0, 0.1) is 29.6 Å². The number of rotatable bonds is 8. The van der Waals surface area contributed by atoms with Gasteiger partial charge in [-0.15, -0.1) is 11.8 Å². The van der Waals surface area contributed by atoms with Crippen molar-refractivity contribution in [2.45, 2.75) is 29.5 Å². The lowest BCUT2D eigenvalue weighted by molar-refractivity contribution is -0.123. The van der Waals surface area contributed by atoms with Crippen LogP contribution in [0.5, 0.6) is 11.5 Å². The van der Waals surface area contributed by atoms with Crippen LogP contribution in [0.25, 0.3) is 0 Å². The third kappa shape index (κ3) is 5.23. The van der Waals surface area contributed by atoms with Crippen LogP contribution in [0.1, 0.15) is 40.1 Å². The second-order valence-electron chi connectivity index (χ2n) is 12.7. The first kappa shape index (κ1) is 31.4. The van der Waals surface area contributed by atoms with Gasteiger partial charge < -0.3 is 24.9 Å². The SMILES string of the molecule is CCOC(=O)c1ccc(N2C(=O)[C@H]3[C@H]4C[C@@H]([C@@H]3C2=O)[C@@H]2[C@H](c3ccccc3OCC(=O)Nc3ccc(O)cc3)c3sc(=O)[nH]c3S[C@H]42)cc1. The Morgan fingerprint density at radius 2 is 1.67 bits per heavy atom. The first-order valence-corrected chi connectivity index (χ1v) is 17.8. The van der Waals surface area contributed by atoms with Crippen molar-refractivity contribution in [2.24, 2.45) is 29.6 Å². The van der Waals surface area contributed by atoms with Gasteiger partial charge in [-0.3, -0.25) is 24.1 Å². The van der Waals surface area contributed by atoms with Crippen molar-refractivity contribution in [1.82, 2.24) is 4.98 Å². The number of aromatic amines is 1. The molecule has 1 saturated heterocycles. The Balaban J connectivity index is 1.09. The molecule has 3 heterocycles. The summed E-state index contributed by atoms with van der Waals surface area (Å²) in [6.07, 6.45) is 0.721. The monoisotopic (exact) mass is 697 g/mol. The molecular formula is C36H31N3O8S2. The molecule has 0 radical (unpaired) electrons. The predicted molar refractivity (Wildman–Crippen MR) is 182 cm³/mol. The topological polar surface area (TPSA) is 155 Å². The van der Waals surface area contributed by atoms with Crippen LogP contribution in [0.3, 0.4) is 0 Å². The fourth-order valence-electron chi connectivity index (χ4n) is 8.33. The zero-order chi connectivity index (χ0) is 34.0. The van der Waals surface area contributed by atoms with Crippen molar-refractivity contribution in [2.75, 3.05) is 23.4 Å². The molecule has 3 aromatic carbocycles. The number of hydrogen-bond acceptors (Lipinski definition) is 10. The van der Waals surface area contributed by atoms with Gasteiger partial charge in [0.25, 0.3) is 5.91 Å². The molecule has 4 aromatic rings. The van der Waals surface area contributed by atoms with Crippen molar-refractivity contribution >= 4 is 58.2 Å². The number of imide groups is 1. The lowest BCUT2D eigenvalue weighted by Gasteiger charge is -2.43. The maximum atomic E-state index is 14.2. The van der Waals surface area contributed by atoms with Gasteiger partial charge in [0, 0.05) is 27.3 Å². The number of fused-ring (bicyclic) bond motifs is 9. The summed E-state index contributed by atoms with van der Waals surface area (Å²) >= 11 is 2.74. The number of thioether (sulfide) groups is 1. The molecule has 1 aromatic heterocycles. The number of phenolic OH excluding ortho intramolecular Hbond substituents is 1. The Hall–Kier alpha value is -4.88. The van der Waals surface area contributed by atoms with Crippen molar-refractivity contribution in [1.29, 1.82) is 0 Å². The molecule has 4 aliphatic rings. The third-order valence-electron chi connectivity index (χ3n) is 10.1. The van der Waals surface area contributed by atoms with Gasteiger partial charge in [0.2, 0.25) is 11.8 Å². The number of anilines is 2. The molecule has 49 heavy (non-hydrogen) atoms. The van der Waals surface area contributed by atoms with Crippen LogP contribution in [0.15, 0.2) is 82.6 Å². The van der Waals surface area contributed by atoms with Gasteiger partial charge in [0.1, 0.15) is 11.5 Å². The van der Waals surface area contributed by atoms with E-state index >= 15 is 0 Å². The van der Waals surface area contributed by atoms with E-state index in [9.17, 15) is 29.1 Å². The first-order valence-electron chi connectivity index (χ1n) is 16.1. The summed E-state index contributed by atoms with van der Waals surface area (Å²) in [6, 6.07) is 20.0. The van der Waals surface area contributed by atoms with Crippen molar-refractivity contribution in [3.05, 3.63) is 98.5 Å². The number of hydrogen-bond donors (Lipinski definition) is 3. The normalized spacial score (nSPS) is 26.2. The Bertz CT molecular complexity index is 2040. The lowest BCUT2D eigenvalue weighted by atomic mass is 9.68. The number of phenols is 1. The largest absolute Gasteiger partial charge is 0.508 e. The highest BCUT2D eigenvalue weighted by atomic mass is 32.2. The van der Waals surface area contributed by atoms with E-state index in [1.54, 1.807) is 61.2 Å². The molecule has 2 bridgehead atoms. The standard InChI is InChI=1S/C36H31N3O8S2/c1-2-46-35(44)17-7-11-19(12-8-17)39-33(42)28-22-15-23(29(28)34(39)43)30-27(22)26(31-32(48-30)38-36(45)49-31)21-5-3-4-6-24(21)47-16-25(41)37-18-9-13-20(40)14-10-18/h3-14,22-23,26-30,40H,2,15-16H2,1H3,(H,37,41)(H,38,45)/t22-,23-,26+,27-,28+,29+,30-/m1/s1. The van der Waals surface area contributed by atoms with Gasteiger partial charge in [-0.05, 0) is 85.7 Å². The molecule has 250 valence electrons. The van der Waals surface area contributed by atoms with Gasteiger partial charge in [0.15, 0.2) is 6.61 Å². The van der Waals surface area contributed by atoms with Crippen molar-refractivity contribution in [3.8, 4) is 11.5 Å². The van der Waals surface area contributed by atoms with Gasteiger partial charge in [-0.25, -0.2) is 4.79 Å². The fraction of sp³-hybridized carbons (Fsp3) is 0.306. The number of carbonyl (C=O) groups is 4. The summed E-state index contributed by atoms with van der Waals surface area (Å²) in [7, 11) is 0. The highest BCUT2D eigenvalue weighted by Crippen LogP contribution is 2.69. The number of nitrogens with one attached hydrogen (secondary N) is 2. The summed E-state index contributed by atoms with van der Waals surface area (Å²) < 4.78 is 11.2. The molecule has 3 fully saturated rings. The number of thiazole rings is 1. The molecule has 0 unspecified atom stereocenters. The number of amides is 3. The first-order chi connectivity index (χ1) is 23.7. The maximum absolute atomic E-state index is 14.2. The summed E-state index contributed by atoms with van der Waals surface area (Å²) in [5.74, 6) is -2.25. The zero-order valence-corrected chi connectivity index (χ0v) is 27.8. The lowest BCUT2D eigenvalue weighted by Crippen LogP contribution is -2.42. The molecule has 2 aliphatic carbocycles. The molecule has 2 saturated carbocycles. The Morgan fingerprint density at radius 1 is 0.959 bits per heavy atom. The molecule has 3 N–H and O–H groups in total. The summed E-state index contributed by atoms with van der Waals surface area (Å²) in [5, 5.41) is 13.1.